The Balaban J connectivity index is 2.71. The van der Waals surface area contributed by atoms with E-state index in [1.165, 1.54) is 0 Å². The van der Waals surface area contributed by atoms with E-state index < -0.39 is 12.1 Å². The Kier molecular flexibility index (Phi) is 7.11. The zero-order valence-electron chi connectivity index (χ0n) is 11.9. The van der Waals surface area contributed by atoms with Crippen LogP contribution in [0.5, 0.6) is 0 Å². The minimum atomic E-state index is -0.833. The minimum absolute atomic E-state index is 0.232. The molecule has 0 aromatic rings. The Morgan fingerprint density at radius 3 is 2.22 bits per heavy atom. The van der Waals surface area contributed by atoms with Crippen molar-refractivity contribution >= 4 is 0 Å². The summed E-state index contributed by atoms with van der Waals surface area (Å²) >= 11 is 0. The largest absolute Gasteiger partial charge is 0.353 e. The average molecular weight is 262 g/mol. The van der Waals surface area contributed by atoms with Crippen LogP contribution in [0.3, 0.4) is 0 Å². The lowest BCUT2D eigenvalue weighted by Crippen LogP contribution is -2.48. The van der Waals surface area contributed by atoms with Gasteiger partial charge >= 0.3 is 0 Å². The van der Waals surface area contributed by atoms with Gasteiger partial charge in [0.15, 0.2) is 6.29 Å². The van der Waals surface area contributed by atoms with Crippen LogP contribution in [0.1, 0.15) is 40.5 Å². The monoisotopic (exact) mass is 262 g/mol. The van der Waals surface area contributed by atoms with E-state index in [1.807, 2.05) is 27.7 Å². The molecule has 1 heterocycles. The predicted molar refractivity (Wildman–Crippen MR) is 67.1 cm³/mol. The third kappa shape index (κ3) is 3.90. The molecule has 0 aromatic heterocycles. The third-order valence-corrected chi connectivity index (χ3v) is 2.80. The van der Waals surface area contributed by atoms with Crippen LogP contribution in [-0.2, 0) is 23.7 Å². The SMILES string of the molecule is CCOC1CCC(OCC)(C(OCC)OCC)O1. The van der Waals surface area contributed by atoms with Gasteiger partial charge in [0.05, 0.1) is 0 Å². The van der Waals surface area contributed by atoms with E-state index in [0.29, 0.717) is 26.4 Å². The highest BCUT2D eigenvalue weighted by molar-refractivity contribution is 4.82. The average Bonchev–Trinajstić information content (AvgIpc) is 2.74. The van der Waals surface area contributed by atoms with Crippen molar-refractivity contribution in [1.82, 2.24) is 0 Å². The third-order valence-electron chi connectivity index (χ3n) is 2.80. The van der Waals surface area contributed by atoms with Crippen molar-refractivity contribution in [2.45, 2.75) is 58.9 Å². The summed E-state index contributed by atoms with van der Waals surface area (Å²) in [6.07, 6.45) is 0.781. The summed E-state index contributed by atoms with van der Waals surface area (Å²) in [5, 5.41) is 0. The van der Waals surface area contributed by atoms with E-state index >= 15 is 0 Å². The van der Waals surface area contributed by atoms with E-state index in [1.54, 1.807) is 0 Å². The molecule has 5 heteroatoms. The molecule has 18 heavy (non-hydrogen) atoms. The van der Waals surface area contributed by atoms with E-state index in [0.717, 1.165) is 12.8 Å². The summed E-state index contributed by atoms with van der Waals surface area (Å²) in [4.78, 5) is 0. The lowest BCUT2D eigenvalue weighted by atomic mass is 10.1. The standard InChI is InChI=1S/C13H26O5/c1-5-14-11-9-10-13(18-11,17-8-4)12(15-6-2)16-7-3/h11-12H,5-10H2,1-4H3. The van der Waals surface area contributed by atoms with E-state index in [4.69, 9.17) is 23.7 Å². The van der Waals surface area contributed by atoms with Gasteiger partial charge in [-0.05, 0) is 27.7 Å². The van der Waals surface area contributed by atoms with Crippen molar-refractivity contribution in [3.8, 4) is 0 Å². The molecule has 1 rings (SSSR count). The Hall–Kier alpha value is -0.200. The molecule has 0 bridgehead atoms. The van der Waals surface area contributed by atoms with Crippen molar-refractivity contribution < 1.29 is 23.7 Å². The zero-order chi connectivity index (χ0) is 13.4. The first-order valence-corrected chi connectivity index (χ1v) is 6.88. The van der Waals surface area contributed by atoms with Crippen LogP contribution < -0.4 is 0 Å². The molecule has 1 fully saturated rings. The van der Waals surface area contributed by atoms with Crippen LogP contribution in [0.2, 0.25) is 0 Å². The molecule has 1 saturated heterocycles. The van der Waals surface area contributed by atoms with E-state index in [2.05, 4.69) is 0 Å². The summed E-state index contributed by atoms with van der Waals surface area (Å²) in [7, 11) is 0. The maximum absolute atomic E-state index is 5.90. The van der Waals surface area contributed by atoms with Crippen LogP contribution in [0.4, 0.5) is 0 Å². The Morgan fingerprint density at radius 2 is 1.72 bits per heavy atom. The smallest absolute Gasteiger partial charge is 0.223 e. The van der Waals surface area contributed by atoms with Crippen LogP contribution in [-0.4, -0.2) is 44.8 Å². The van der Waals surface area contributed by atoms with Gasteiger partial charge in [-0.1, -0.05) is 0 Å². The predicted octanol–water partition coefficient (Wildman–Crippen LogP) is 2.29. The lowest BCUT2D eigenvalue weighted by molar-refractivity contribution is -0.360. The van der Waals surface area contributed by atoms with Gasteiger partial charge in [-0.3, -0.25) is 0 Å². The van der Waals surface area contributed by atoms with Gasteiger partial charge in [-0.2, -0.15) is 0 Å². The number of hydrogen-bond donors (Lipinski definition) is 0. The van der Waals surface area contributed by atoms with Crippen LogP contribution in [0.15, 0.2) is 0 Å². The van der Waals surface area contributed by atoms with Crippen molar-refractivity contribution in [1.29, 1.82) is 0 Å². The summed E-state index contributed by atoms with van der Waals surface area (Å²) in [5.41, 5.74) is 0. The highest BCUT2D eigenvalue weighted by Crippen LogP contribution is 2.37. The molecule has 0 amide bonds. The van der Waals surface area contributed by atoms with Crippen molar-refractivity contribution in [2.24, 2.45) is 0 Å². The molecule has 108 valence electrons. The van der Waals surface area contributed by atoms with Gasteiger partial charge in [0.2, 0.25) is 12.1 Å². The molecule has 0 radical (unpaired) electrons. The second kappa shape index (κ2) is 8.07. The second-order valence-electron chi connectivity index (χ2n) is 4.03. The molecule has 5 nitrogen and oxygen atoms in total. The Bertz CT molecular complexity index is 217. The summed E-state index contributed by atoms with van der Waals surface area (Å²) in [6.45, 7) is 10.0. The minimum Gasteiger partial charge on any atom is -0.353 e. The molecule has 0 spiro atoms. The van der Waals surface area contributed by atoms with Gasteiger partial charge in [-0.25, -0.2) is 0 Å². The molecule has 1 aliphatic heterocycles. The molecule has 2 atom stereocenters. The first-order valence-electron chi connectivity index (χ1n) is 6.88. The fourth-order valence-electron chi connectivity index (χ4n) is 2.16. The molecule has 0 aromatic carbocycles. The van der Waals surface area contributed by atoms with Crippen LogP contribution in [0, 0.1) is 0 Å². The zero-order valence-corrected chi connectivity index (χ0v) is 11.9. The first-order chi connectivity index (χ1) is 8.72. The van der Waals surface area contributed by atoms with Gasteiger partial charge < -0.3 is 23.7 Å². The maximum atomic E-state index is 5.90. The maximum Gasteiger partial charge on any atom is 0.223 e. The molecule has 2 unspecified atom stereocenters. The van der Waals surface area contributed by atoms with Gasteiger partial charge in [-0.15, -0.1) is 0 Å². The quantitative estimate of drug-likeness (QED) is 0.597. The lowest BCUT2D eigenvalue weighted by Gasteiger charge is -2.35. The van der Waals surface area contributed by atoms with Gasteiger partial charge in [0, 0.05) is 39.3 Å². The number of rotatable bonds is 9. The van der Waals surface area contributed by atoms with Crippen LogP contribution in [0.25, 0.3) is 0 Å². The Morgan fingerprint density at radius 1 is 1.06 bits per heavy atom. The number of ether oxygens (including phenoxy) is 5. The highest BCUT2D eigenvalue weighted by atomic mass is 16.8. The van der Waals surface area contributed by atoms with Crippen molar-refractivity contribution in [3.63, 3.8) is 0 Å². The van der Waals surface area contributed by atoms with Crippen LogP contribution >= 0.6 is 0 Å². The Labute approximate surface area is 110 Å². The molecule has 1 aliphatic rings. The normalized spacial score (nSPS) is 28.2. The van der Waals surface area contributed by atoms with Gasteiger partial charge in [0.25, 0.3) is 0 Å². The molecule has 0 aliphatic carbocycles. The topological polar surface area (TPSA) is 46.2 Å². The van der Waals surface area contributed by atoms with E-state index in [-0.39, 0.29) is 6.29 Å². The molecule has 0 saturated carbocycles. The summed E-state index contributed by atoms with van der Waals surface area (Å²) in [6, 6.07) is 0. The summed E-state index contributed by atoms with van der Waals surface area (Å²) in [5.74, 6) is -0.833. The molecule has 0 N–H and O–H groups in total. The molecular formula is C13H26O5. The second-order valence-corrected chi connectivity index (χ2v) is 4.03. The highest BCUT2D eigenvalue weighted by Gasteiger charge is 2.49. The first kappa shape index (κ1) is 15.9. The fourth-order valence-corrected chi connectivity index (χ4v) is 2.16. The molecular weight excluding hydrogens is 236 g/mol. The van der Waals surface area contributed by atoms with Crippen molar-refractivity contribution in [2.75, 3.05) is 26.4 Å². The van der Waals surface area contributed by atoms with E-state index in [9.17, 15) is 0 Å². The fraction of sp³-hybridized carbons (Fsp3) is 1.00. The van der Waals surface area contributed by atoms with Crippen molar-refractivity contribution in [3.05, 3.63) is 0 Å². The van der Waals surface area contributed by atoms with Gasteiger partial charge in [0.1, 0.15) is 0 Å². The summed E-state index contributed by atoms with van der Waals surface area (Å²) < 4.78 is 28.4. The number of hydrogen-bond acceptors (Lipinski definition) is 5.